The van der Waals surface area contributed by atoms with Crippen LogP contribution in [0.25, 0.3) is 10.8 Å². The summed E-state index contributed by atoms with van der Waals surface area (Å²) in [4.78, 5) is 2.14. The van der Waals surface area contributed by atoms with Crippen molar-refractivity contribution in [3.63, 3.8) is 0 Å². The number of anilines is 3. The van der Waals surface area contributed by atoms with Crippen LogP contribution in [-0.2, 0) is 0 Å². The highest BCUT2D eigenvalue weighted by Gasteiger charge is 2.11. The maximum Gasteiger partial charge on any atom is 0.0721 e. The van der Waals surface area contributed by atoms with Crippen molar-refractivity contribution < 1.29 is 0 Å². The lowest BCUT2D eigenvalue weighted by Crippen LogP contribution is -2.12. The Morgan fingerprint density at radius 3 is 2.26 bits per heavy atom. The second-order valence-corrected chi connectivity index (χ2v) is 4.62. The van der Waals surface area contributed by atoms with Crippen LogP contribution in [0.2, 0.25) is 0 Å². The number of benzene rings is 3. The lowest BCUT2D eigenvalue weighted by Gasteiger charge is -2.23. The van der Waals surface area contributed by atoms with E-state index in [-0.39, 0.29) is 0 Å². The summed E-state index contributed by atoms with van der Waals surface area (Å²) in [7, 11) is 2.05. The zero-order valence-corrected chi connectivity index (χ0v) is 10.9. The van der Waals surface area contributed by atoms with Gasteiger partial charge in [0.25, 0.3) is 0 Å². The molecular weight excluding hydrogens is 232 g/mol. The van der Waals surface area contributed by atoms with Crippen LogP contribution in [0.3, 0.4) is 0 Å². The van der Waals surface area contributed by atoms with E-state index in [1.807, 2.05) is 43.4 Å². The molecule has 0 bridgehead atoms. The molecule has 3 aromatic rings. The number of hydrogen-bond acceptors (Lipinski definition) is 2. The molecule has 2 heteroatoms. The molecule has 2 nitrogen and oxygen atoms in total. The maximum absolute atomic E-state index is 6.18. The van der Waals surface area contributed by atoms with Crippen LogP contribution in [-0.4, -0.2) is 7.05 Å². The standard InChI is InChI=1S/C17H16N2/c1-19(14-8-3-2-4-9-14)17-15-10-6-5-7-13(15)11-12-16(17)18/h2-12H,18H2,1H3. The molecule has 0 aliphatic carbocycles. The van der Waals surface area contributed by atoms with Gasteiger partial charge < -0.3 is 10.6 Å². The molecule has 0 atom stereocenters. The zero-order valence-electron chi connectivity index (χ0n) is 10.9. The third-order valence-electron chi connectivity index (χ3n) is 3.41. The molecule has 0 unspecified atom stereocenters. The topological polar surface area (TPSA) is 29.3 Å². The van der Waals surface area contributed by atoms with Gasteiger partial charge in [0.2, 0.25) is 0 Å². The summed E-state index contributed by atoms with van der Waals surface area (Å²) < 4.78 is 0. The van der Waals surface area contributed by atoms with Gasteiger partial charge in [-0.05, 0) is 23.6 Å². The van der Waals surface area contributed by atoms with Crippen LogP contribution in [0.15, 0.2) is 66.7 Å². The smallest absolute Gasteiger partial charge is 0.0721 e. The Balaban J connectivity index is 2.22. The van der Waals surface area contributed by atoms with E-state index in [0.29, 0.717) is 0 Å². The normalized spacial score (nSPS) is 10.6. The van der Waals surface area contributed by atoms with Gasteiger partial charge in [-0.3, -0.25) is 0 Å². The summed E-state index contributed by atoms with van der Waals surface area (Å²) in [6, 6.07) is 22.6. The van der Waals surface area contributed by atoms with Gasteiger partial charge in [-0.25, -0.2) is 0 Å². The van der Waals surface area contributed by atoms with Crippen LogP contribution in [0.1, 0.15) is 0 Å². The molecule has 94 valence electrons. The van der Waals surface area contributed by atoms with Crippen molar-refractivity contribution in [1.82, 2.24) is 0 Å². The molecule has 0 spiro atoms. The van der Waals surface area contributed by atoms with Crippen LogP contribution in [0.5, 0.6) is 0 Å². The first-order valence-electron chi connectivity index (χ1n) is 6.33. The van der Waals surface area contributed by atoms with Crippen LogP contribution in [0.4, 0.5) is 17.1 Å². The van der Waals surface area contributed by atoms with Gasteiger partial charge in [0, 0.05) is 18.1 Å². The van der Waals surface area contributed by atoms with Crippen molar-refractivity contribution in [2.75, 3.05) is 17.7 Å². The average Bonchev–Trinajstić information content (AvgIpc) is 2.47. The molecule has 3 aromatic carbocycles. The second kappa shape index (κ2) is 4.65. The van der Waals surface area contributed by atoms with E-state index in [9.17, 15) is 0 Å². The summed E-state index contributed by atoms with van der Waals surface area (Å²) in [6.07, 6.45) is 0. The second-order valence-electron chi connectivity index (χ2n) is 4.62. The molecule has 3 rings (SSSR count). The van der Waals surface area contributed by atoms with Crippen LogP contribution < -0.4 is 10.6 Å². The third-order valence-corrected chi connectivity index (χ3v) is 3.41. The first-order valence-corrected chi connectivity index (χ1v) is 6.33. The Hall–Kier alpha value is -2.48. The van der Waals surface area contributed by atoms with Crippen molar-refractivity contribution in [2.24, 2.45) is 0 Å². The predicted molar refractivity (Wildman–Crippen MR) is 82.9 cm³/mol. The van der Waals surface area contributed by atoms with Crippen LogP contribution in [0, 0.1) is 0 Å². The number of fused-ring (bicyclic) bond motifs is 1. The third kappa shape index (κ3) is 2.02. The van der Waals surface area contributed by atoms with Crippen molar-refractivity contribution in [2.45, 2.75) is 0 Å². The number of rotatable bonds is 2. The van der Waals surface area contributed by atoms with Gasteiger partial charge in [0.05, 0.1) is 11.4 Å². The SMILES string of the molecule is CN(c1ccccc1)c1c(N)ccc2ccccc12. The lowest BCUT2D eigenvalue weighted by atomic mass is 10.1. The molecule has 0 saturated carbocycles. The Bertz CT molecular complexity index is 705. The molecule has 0 aliphatic rings. The minimum absolute atomic E-state index is 0.796. The number of nitrogen functional groups attached to an aromatic ring is 1. The zero-order chi connectivity index (χ0) is 13.2. The van der Waals surface area contributed by atoms with Gasteiger partial charge in [0.1, 0.15) is 0 Å². The molecule has 19 heavy (non-hydrogen) atoms. The highest BCUT2D eigenvalue weighted by molar-refractivity contribution is 6.01. The molecule has 0 fully saturated rings. The van der Waals surface area contributed by atoms with Gasteiger partial charge in [-0.1, -0.05) is 48.5 Å². The first kappa shape index (κ1) is 11.6. The summed E-state index contributed by atoms with van der Waals surface area (Å²) in [5.41, 5.74) is 9.17. The quantitative estimate of drug-likeness (QED) is 0.689. The molecule has 0 amide bonds. The fraction of sp³-hybridized carbons (Fsp3) is 0.0588. The number of nitrogens with zero attached hydrogens (tertiary/aromatic N) is 1. The van der Waals surface area contributed by atoms with Crippen LogP contribution >= 0.6 is 0 Å². The lowest BCUT2D eigenvalue weighted by molar-refractivity contribution is 1.22. The van der Waals surface area contributed by atoms with E-state index in [2.05, 4.69) is 35.2 Å². The van der Waals surface area contributed by atoms with Gasteiger partial charge in [-0.15, -0.1) is 0 Å². The minimum Gasteiger partial charge on any atom is -0.397 e. The summed E-state index contributed by atoms with van der Waals surface area (Å²) in [5, 5.41) is 2.38. The minimum atomic E-state index is 0.796. The first-order chi connectivity index (χ1) is 9.27. The number of nitrogens with two attached hydrogens (primary N) is 1. The molecular formula is C17H16N2. The molecule has 2 N–H and O–H groups in total. The molecule has 0 saturated heterocycles. The van der Waals surface area contributed by atoms with Crippen molar-refractivity contribution >= 4 is 27.8 Å². The van der Waals surface area contributed by atoms with E-state index in [4.69, 9.17) is 5.73 Å². The highest BCUT2D eigenvalue weighted by Crippen LogP contribution is 2.35. The Morgan fingerprint density at radius 1 is 0.789 bits per heavy atom. The van der Waals surface area contributed by atoms with Gasteiger partial charge >= 0.3 is 0 Å². The van der Waals surface area contributed by atoms with Gasteiger partial charge in [-0.2, -0.15) is 0 Å². The Morgan fingerprint density at radius 2 is 1.47 bits per heavy atom. The van der Waals surface area contributed by atoms with Crippen molar-refractivity contribution in [1.29, 1.82) is 0 Å². The molecule has 0 aromatic heterocycles. The highest BCUT2D eigenvalue weighted by atomic mass is 15.1. The monoisotopic (exact) mass is 248 g/mol. The van der Waals surface area contributed by atoms with E-state index in [1.165, 1.54) is 10.8 Å². The number of hydrogen-bond donors (Lipinski definition) is 1. The largest absolute Gasteiger partial charge is 0.397 e. The predicted octanol–water partition coefficient (Wildman–Crippen LogP) is 4.19. The number of para-hydroxylation sites is 1. The summed E-state index contributed by atoms with van der Waals surface area (Å²) in [5.74, 6) is 0. The van der Waals surface area contributed by atoms with E-state index in [1.54, 1.807) is 0 Å². The van der Waals surface area contributed by atoms with Crippen molar-refractivity contribution in [3.8, 4) is 0 Å². The van der Waals surface area contributed by atoms with E-state index >= 15 is 0 Å². The Kier molecular flexibility index (Phi) is 2.84. The fourth-order valence-electron chi connectivity index (χ4n) is 2.43. The summed E-state index contributed by atoms with van der Waals surface area (Å²) in [6.45, 7) is 0. The van der Waals surface area contributed by atoms with E-state index in [0.717, 1.165) is 17.1 Å². The molecule has 0 aliphatic heterocycles. The summed E-state index contributed by atoms with van der Waals surface area (Å²) >= 11 is 0. The molecule has 0 heterocycles. The fourth-order valence-corrected chi connectivity index (χ4v) is 2.43. The maximum atomic E-state index is 6.18. The average molecular weight is 248 g/mol. The van der Waals surface area contributed by atoms with Gasteiger partial charge in [0.15, 0.2) is 0 Å². The van der Waals surface area contributed by atoms with Crippen molar-refractivity contribution in [3.05, 3.63) is 66.7 Å². The van der Waals surface area contributed by atoms with E-state index < -0.39 is 0 Å². The molecule has 0 radical (unpaired) electrons. The Labute approximate surface area is 113 Å².